The van der Waals surface area contributed by atoms with Gasteiger partial charge in [-0.25, -0.2) is 0 Å². The van der Waals surface area contributed by atoms with Crippen molar-refractivity contribution in [2.75, 3.05) is 0 Å². The molecule has 0 saturated carbocycles. The summed E-state index contributed by atoms with van der Waals surface area (Å²) in [5, 5.41) is 0. The molecule has 0 aromatic carbocycles. The first-order valence-corrected chi connectivity index (χ1v) is 11.0. The van der Waals surface area contributed by atoms with Crippen molar-refractivity contribution in [2.45, 2.75) is 124 Å². The maximum Gasteiger partial charge on any atom is -0.00427 e. The third kappa shape index (κ3) is 9.09. The second-order valence-corrected chi connectivity index (χ2v) is 8.13. The molecule has 0 N–H and O–H groups in total. The van der Waals surface area contributed by atoms with Crippen molar-refractivity contribution in [1.82, 2.24) is 0 Å². The quantitative estimate of drug-likeness (QED) is 0.263. The molecule has 0 heterocycles. The van der Waals surface area contributed by atoms with Crippen LogP contribution in [-0.2, 0) is 0 Å². The summed E-state index contributed by atoms with van der Waals surface area (Å²) >= 11 is 0. The van der Waals surface area contributed by atoms with Crippen LogP contribution in [0.25, 0.3) is 0 Å². The van der Waals surface area contributed by atoms with Gasteiger partial charge in [0.2, 0.25) is 0 Å². The Morgan fingerprint density at radius 3 is 1.46 bits per heavy atom. The number of rotatable bonds is 15. The molecule has 0 aromatic heterocycles. The van der Waals surface area contributed by atoms with Gasteiger partial charge in [0, 0.05) is 0 Å². The smallest absolute Gasteiger partial charge is 0.00427 e. The summed E-state index contributed by atoms with van der Waals surface area (Å²) < 4.78 is 0. The first kappa shape index (κ1) is 21.5. The second-order valence-electron chi connectivity index (χ2n) is 8.13. The second kappa shape index (κ2) is 13.7. The van der Waals surface area contributed by atoms with E-state index in [4.69, 9.17) is 0 Å². The first-order chi connectivity index (χ1) is 11.7. The van der Waals surface area contributed by atoms with E-state index in [-0.39, 0.29) is 0 Å². The molecular formula is C24H44. The van der Waals surface area contributed by atoms with Gasteiger partial charge in [-0.1, -0.05) is 109 Å². The van der Waals surface area contributed by atoms with Crippen LogP contribution in [0, 0.1) is 5.92 Å². The fourth-order valence-corrected chi connectivity index (χ4v) is 3.93. The summed E-state index contributed by atoms with van der Waals surface area (Å²) in [6, 6.07) is 0. The van der Waals surface area contributed by atoms with Crippen LogP contribution in [-0.4, -0.2) is 0 Å². The summed E-state index contributed by atoms with van der Waals surface area (Å²) in [5.74, 6) is 0.687. The third-order valence-electron chi connectivity index (χ3n) is 6.01. The van der Waals surface area contributed by atoms with Crippen LogP contribution in [0.4, 0.5) is 0 Å². The van der Waals surface area contributed by atoms with Crippen molar-refractivity contribution in [3.8, 4) is 0 Å². The molecule has 1 aliphatic carbocycles. The Hall–Kier alpha value is -0.520. The topological polar surface area (TPSA) is 0 Å². The molecule has 0 amide bonds. The highest BCUT2D eigenvalue weighted by Crippen LogP contribution is 2.33. The van der Waals surface area contributed by atoms with Crippen LogP contribution in [0.15, 0.2) is 22.8 Å². The van der Waals surface area contributed by atoms with Crippen molar-refractivity contribution < 1.29 is 0 Å². The van der Waals surface area contributed by atoms with E-state index in [9.17, 15) is 0 Å². The summed E-state index contributed by atoms with van der Waals surface area (Å²) in [4.78, 5) is 0. The zero-order chi connectivity index (χ0) is 17.6. The van der Waals surface area contributed by atoms with E-state index in [0.717, 1.165) is 0 Å². The fraction of sp³-hybridized carbons (Fsp3) is 0.833. The highest BCUT2D eigenvalue weighted by molar-refractivity contribution is 5.42. The number of unbranched alkanes of at least 4 members (excludes halogenated alkanes) is 13. The van der Waals surface area contributed by atoms with Crippen LogP contribution in [0.2, 0.25) is 0 Å². The molecule has 1 atom stereocenters. The molecule has 1 rings (SSSR count). The molecule has 0 heteroatoms. The van der Waals surface area contributed by atoms with Crippen LogP contribution in [0.5, 0.6) is 0 Å². The molecule has 1 aliphatic rings. The third-order valence-corrected chi connectivity index (χ3v) is 6.01. The fourth-order valence-electron chi connectivity index (χ4n) is 3.93. The van der Waals surface area contributed by atoms with Crippen molar-refractivity contribution in [2.24, 2.45) is 5.92 Å². The normalized spacial score (nSPS) is 17.7. The summed E-state index contributed by atoms with van der Waals surface area (Å²) in [5.41, 5.74) is 4.81. The van der Waals surface area contributed by atoms with E-state index in [1.54, 1.807) is 16.7 Å². The van der Waals surface area contributed by atoms with Crippen molar-refractivity contribution in [3.05, 3.63) is 22.8 Å². The van der Waals surface area contributed by atoms with Crippen LogP contribution >= 0.6 is 0 Å². The van der Waals surface area contributed by atoms with Gasteiger partial charge in [-0.05, 0) is 43.8 Å². The van der Waals surface area contributed by atoms with Crippen molar-refractivity contribution in [1.29, 1.82) is 0 Å². The Morgan fingerprint density at radius 2 is 1.08 bits per heavy atom. The van der Waals surface area contributed by atoms with Gasteiger partial charge in [-0.3, -0.25) is 0 Å². The van der Waals surface area contributed by atoms with E-state index in [0.29, 0.717) is 5.92 Å². The molecule has 0 radical (unpaired) electrons. The van der Waals surface area contributed by atoms with Gasteiger partial charge in [0.1, 0.15) is 0 Å². The van der Waals surface area contributed by atoms with Gasteiger partial charge in [-0.15, -0.1) is 0 Å². The zero-order valence-electron chi connectivity index (χ0n) is 17.3. The van der Waals surface area contributed by atoms with Gasteiger partial charge in [0.15, 0.2) is 0 Å². The minimum absolute atomic E-state index is 0.687. The standard InChI is InChI=1S/C24H44/c1-5-6-7-8-9-10-11-12-13-14-15-16-17-18-19-24-20-21(2)22(3)23(24)4/h20-21H,5-19H2,1-4H3. The van der Waals surface area contributed by atoms with E-state index in [1.807, 2.05) is 0 Å². The highest BCUT2D eigenvalue weighted by Gasteiger charge is 2.15. The largest absolute Gasteiger partial charge is 0.0741 e. The Labute approximate surface area is 153 Å². The Morgan fingerprint density at radius 1 is 0.667 bits per heavy atom. The van der Waals surface area contributed by atoms with Crippen LogP contribution < -0.4 is 0 Å². The monoisotopic (exact) mass is 332 g/mol. The lowest BCUT2D eigenvalue weighted by Gasteiger charge is -2.06. The van der Waals surface area contributed by atoms with Crippen molar-refractivity contribution in [3.63, 3.8) is 0 Å². The highest BCUT2D eigenvalue weighted by atomic mass is 14.2. The summed E-state index contributed by atoms with van der Waals surface area (Å²) in [6.07, 6.45) is 24.1. The molecule has 0 nitrogen and oxygen atoms in total. The van der Waals surface area contributed by atoms with Crippen molar-refractivity contribution >= 4 is 0 Å². The zero-order valence-corrected chi connectivity index (χ0v) is 17.3. The Balaban J connectivity index is 1.82. The lowest BCUT2D eigenvalue weighted by atomic mass is 10.0. The maximum atomic E-state index is 2.49. The van der Waals surface area contributed by atoms with E-state index >= 15 is 0 Å². The molecule has 0 spiro atoms. The van der Waals surface area contributed by atoms with Gasteiger partial charge in [0.05, 0.1) is 0 Å². The summed E-state index contributed by atoms with van der Waals surface area (Å²) in [6.45, 7) is 9.24. The lowest BCUT2D eigenvalue weighted by molar-refractivity contribution is 0.535. The van der Waals surface area contributed by atoms with Gasteiger partial charge in [0.25, 0.3) is 0 Å². The summed E-state index contributed by atoms with van der Waals surface area (Å²) in [7, 11) is 0. The molecule has 1 unspecified atom stereocenters. The minimum Gasteiger partial charge on any atom is -0.0741 e. The number of allylic oxidation sites excluding steroid dienone is 4. The molecule has 0 aliphatic heterocycles. The lowest BCUT2D eigenvalue weighted by Crippen LogP contribution is -1.86. The maximum absolute atomic E-state index is 2.49. The average Bonchev–Trinajstić information content (AvgIpc) is 2.82. The number of hydrogen-bond donors (Lipinski definition) is 0. The van der Waals surface area contributed by atoms with Crippen LogP contribution in [0.1, 0.15) is 124 Å². The SMILES string of the molecule is CCCCCCCCCCCCCCCCC1=CC(C)C(C)=C1C. The molecular weight excluding hydrogens is 288 g/mol. The Kier molecular flexibility index (Phi) is 12.3. The molecule has 0 saturated heterocycles. The predicted molar refractivity (Wildman–Crippen MR) is 111 cm³/mol. The van der Waals surface area contributed by atoms with Gasteiger partial charge >= 0.3 is 0 Å². The minimum atomic E-state index is 0.687. The molecule has 140 valence electrons. The Bertz CT molecular complexity index is 371. The molecule has 0 bridgehead atoms. The number of hydrogen-bond acceptors (Lipinski definition) is 0. The molecule has 0 aromatic rings. The molecule has 0 fully saturated rings. The van der Waals surface area contributed by atoms with Crippen LogP contribution in [0.3, 0.4) is 0 Å². The van der Waals surface area contributed by atoms with E-state index in [1.165, 1.54) is 96.3 Å². The molecule has 24 heavy (non-hydrogen) atoms. The van der Waals surface area contributed by atoms with Gasteiger partial charge in [-0.2, -0.15) is 0 Å². The predicted octanol–water partition coefficient (Wildman–Crippen LogP) is 8.77. The van der Waals surface area contributed by atoms with E-state index < -0.39 is 0 Å². The first-order valence-electron chi connectivity index (χ1n) is 11.0. The van der Waals surface area contributed by atoms with Gasteiger partial charge < -0.3 is 0 Å². The van der Waals surface area contributed by atoms with E-state index in [2.05, 4.69) is 33.8 Å². The average molecular weight is 333 g/mol.